The second-order valence-corrected chi connectivity index (χ2v) is 10.1. The molecule has 0 aromatic heterocycles. The van der Waals surface area contributed by atoms with Crippen molar-refractivity contribution in [2.45, 2.75) is 11.6 Å². The highest BCUT2D eigenvalue weighted by atomic mass is 27.2. The molecule has 1 aliphatic rings. The Morgan fingerprint density at radius 3 is 1.06 bits per heavy atom. The third-order valence-electron chi connectivity index (χ3n) is 3.86. The summed E-state index contributed by atoms with van der Waals surface area (Å²) in [5, 5.41) is 0. The van der Waals surface area contributed by atoms with Gasteiger partial charge < -0.3 is 0 Å². The summed E-state index contributed by atoms with van der Waals surface area (Å²) in [6.07, 6.45) is 0. The van der Waals surface area contributed by atoms with Crippen LogP contribution in [0.1, 0.15) is 0 Å². The Hall–Kier alpha value is -0.495. The third kappa shape index (κ3) is 1.50. The zero-order valence-electron chi connectivity index (χ0n) is 9.77. The molecular weight excluding hydrogens is 222 g/mol. The van der Waals surface area contributed by atoms with Gasteiger partial charge in [-0.15, -0.1) is 17.7 Å². The fraction of sp³-hybridized carbons (Fsp3) is 0.143. The van der Waals surface area contributed by atoms with Gasteiger partial charge in [0.1, 0.15) is 0 Å². The molecule has 0 bridgehead atoms. The SMILES string of the molecule is [CH3][Al]1[c]2cccc[c]2[Al]([CH3])[c]2cccc[c]21. The summed E-state index contributed by atoms with van der Waals surface area (Å²) in [4.78, 5) is 0. The van der Waals surface area contributed by atoms with E-state index in [1.165, 1.54) is 0 Å². The Labute approximate surface area is 106 Å². The van der Waals surface area contributed by atoms with E-state index in [-0.39, 0.29) is 0 Å². The molecule has 0 spiro atoms. The van der Waals surface area contributed by atoms with Crippen molar-refractivity contribution in [2.24, 2.45) is 0 Å². The monoisotopic (exact) mass is 236 g/mol. The van der Waals surface area contributed by atoms with E-state index >= 15 is 0 Å². The molecule has 0 N–H and O–H groups in total. The summed E-state index contributed by atoms with van der Waals surface area (Å²) in [5.41, 5.74) is 0. The quantitative estimate of drug-likeness (QED) is 0.584. The molecule has 0 radical (unpaired) electrons. The summed E-state index contributed by atoms with van der Waals surface area (Å²) >= 11 is -1.79. The van der Waals surface area contributed by atoms with Crippen LogP contribution in [0.3, 0.4) is 0 Å². The van der Waals surface area contributed by atoms with Gasteiger partial charge in [-0.05, 0) is 0 Å². The van der Waals surface area contributed by atoms with Crippen molar-refractivity contribution in [1.82, 2.24) is 0 Å². The number of hydrogen-bond acceptors (Lipinski definition) is 0. The van der Waals surface area contributed by atoms with Crippen molar-refractivity contribution in [2.75, 3.05) is 0 Å². The van der Waals surface area contributed by atoms with Gasteiger partial charge in [-0.1, -0.05) is 60.1 Å². The van der Waals surface area contributed by atoms with E-state index in [0.717, 1.165) is 0 Å². The van der Waals surface area contributed by atoms with Crippen LogP contribution in [0.5, 0.6) is 0 Å². The minimum Gasteiger partial charge on any atom is -0.116 e. The second kappa shape index (κ2) is 4.07. The van der Waals surface area contributed by atoms with Gasteiger partial charge >= 0.3 is 28.3 Å². The maximum Gasteiger partial charge on any atom is 0.338 e. The average Bonchev–Trinajstić information content (AvgIpc) is 2.36. The zero-order valence-corrected chi connectivity index (χ0v) is 12.1. The highest BCUT2D eigenvalue weighted by molar-refractivity contribution is 7.01. The molecule has 0 nitrogen and oxygen atoms in total. The van der Waals surface area contributed by atoms with E-state index in [1.807, 2.05) is 0 Å². The topological polar surface area (TPSA) is 0 Å². The lowest BCUT2D eigenvalue weighted by molar-refractivity contribution is 1.73. The molecule has 16 heavy (non-hydrogen) atoms. The van der Waals surface area contributed by atoms with Gasteiger partial charge in [0.05, 0.1) is 0 Å². The normalized spacial score (nSPS) is 13.4. The van der Waals surface area contributed by atoms with Crippen LogP contribution in [0.2, 0.25) is 11.6 Å². The van der Waals surface area contributed by atoms with Crippen molar-refractivity contribution in [3.05, 3.63) is 48.5 Å². The van der Waals surface area contributed by atoms with Crippen LogP contribution >= 0.6 is 0 Å². The molecule has 0 amide bonds. The predicted molar refractivity (Wildman–Crippen MR) is 74.7 cm³/mol. The standard InChI is InChI=1S/2C6H4.2CH3.2Al/c2*1-2-4-6-5-3-1;;;;/h2*1-4H;2*1H3;;. The van der Waals surface area contributed by atoms with Gasteiger partial charge in [-0.2, -0.15) is 0 Å². The van der Waals surface area contributed by atoms with Crippen LogP contribution < -0.4 is 17.7 Å². The molecule has 0 atom stereocenters. The zero-order chi connectivity index (χ0) is 11.1. The smallest absolute Gasteiger partial charge is 0.116 e. The van der Waals surface area contributed by atoms with E-state index in [9.17, 15) is 0 Å². The Morgan fingerprint density at radius 1 is 0.562 bits per heavy atom. The minimum absolute atomic E-state index is 0.894. The van der Waals surface area contributed by atoms with Crippen molar-refractivity contribution < 1.29 is 0 Å². The molecule has 1 heterocycles. The third-order valence-corrected chi connectivity index (χ3v) is 10.4. The molecule has 0 aliphatic carbocycles. The van der Waals surface area contributed by atoms with Gasteiger partial charge in [0.25, 0.3) is 0 Å². The first-order valence-electron chi connectivity index (χ1n) is 5.96. The first-order valence-corrected chi connectivity index (χ1v) is 10.6. The molecular formula is C14H14Al2. The van der Waals surface area contributed by atoms with E-state index in [1.54, 1.807) is 17.7 Å². The van der Waals surface area contributed by atoms with Crippen LogP contribution in [0.25, 0.3) is 0 Å². The number of fused-ring (bicyclic) bond motifs is 2. The van der Waals surface area contributed by atoms with Crippen LogP contribution in [0, 0.1) is 0 Å². The molecule has 0 saturated carbocycles. The molecule has 76 valence electrons. The van der Waals surface area contributed by atoms with Gasteiger partial charge in [-0.25, -0.2) is 0 Å². The Balaban J connectivity index is 2.26. The molecule has 2 heteroatoms. The lowest BCUT2D eigenvalue weighted by Gasteiger charge is -2.26. The molecule has 1 aliphatic heterocycles. The van der Waals surface area contributed by atoms with E-state index < -0.39 is 28.3 Å². The minimum atomic E-state index is -0.894. The maximum absolute atomic E-state index is 2.47. The molecule has 3 rings (SSSR count). The van der Waals surface area contributed by atoms with Gasteiger partial charge in [-0.3, -0.25) is 0 Å². The second-order valence-electron chi connectivity index (χ2n) is 4.70. The Morgan fingerprint density at radius 2 is 0.812 bits per heavy atom. The summed E-state index contributed by atoms with van der Waals surface area (Å²) in [6, 6.07) is 18.3. The van der Waals surface area contributed by atoms with Crippen LogP contribution in [0.4, 0.5) is 0 Å². The van der Waals surface area contributed by atoms with Crippen molar-refractivity contribution in [1.29, 1.82) is 0 Å². The summed E-state index contributed by atoms with van der Waals surface area (Å²) in [7, 11) is 0. The lowest BCUT2D eigenvalue weighted by atomic mass is 10.3. The molecule has 2 aromatic carbocycles. The van der Waals surface area contributed by atoms with Crippen LogP contribution in [-0.2, 0) is 0 Å². The van der Waals surface area contributed by atoms with Crippen LogP contribution in [-0.4, -0.2) is 28.3 Å². The van der Waals surface area contributed by atoms with Gasteiger partial charge in [0.15, 0.2) is 0 Å². The highest BCUT2D eigenvalue weighted by Gasteiger charge is 2.33. The van der Waals surface area contributed by atoms with Gasteiger partial charge in [0, 0.05) is 0 Å². The van der Waals surface area contributed by atoms with Crippen molar-refractivity contribution >= 4 is 46.0 Å². The van der Waals surface area contributed by atoms with E-state index in [0.29, 0.717) is 0 Å². The molecule has 0 unspecified atom stereocenters. The maximum atomic E-state index is 2.47. The van der Waals surface area contributed by atoms with Gasteiger partial charge in [0.2, 0.25) is 0 Å². The predicted octanol–water partition coefficient (Wildman–Crippen LogP) is 0.478. The number of hydrogen-bond donors (Lipinski definition) is 0. The summed E-state index contributed by atoms with van der Waals surface area (Å²) < 4.78 is 6.78. The fourth-order valence-corrected chi connectivity index (χ4v) is 10.6. The highest BCUT2D eigenvalue weighted by Crippen LogP contribution is 1.98. The van der Waals surface area contributed by atoms with E-state index in [2.05, 4.69) is 60.1 Å². The summed E-state index contributed by atoms with van der Waals surface area (Å²) in [5.74, 6) is 4.94. The lowest BCUT2D eigenvalue weighted by Crippen LogP contribution is -2.66. The number of benzene rings is 2. The van der Waals surface area contributed by atoms with Crippen molar-refractivity contribution in [3.63, 3.8) is 0 Å². The summed E-state index contributed by atoms with van der Waals surface area (Å²) in [6.45, 7) is 0. The molecule has 0 saturated heterocycles. The Kier molecular flexibility index (Phi) is 2.71. The first-order chi connectivity index (χ1) is 7.79. The molecule has 0 fully saturated rings. The largest absolute Gasteiger partial charge is 0.338 e. The van der Waals surface area contributed by atoms with Crippen molar-refractivity contribution in [3.8, 4) is 0 Å². The fourth-order valence-electron chi connectivity index (χ4n) is 2.93. The Bertz CT molecular complexity index is 438. The van der Waals surface area contributed by atoms with Crippen LogP contribution in [0.15, 0.2) is 48.5 Å². The first kappa shape index (κ1) is 10.6. The number of rotatable bonds is 0. The molecule has 2 aromatic rings. The van der Waals surface area contributed by atoms with E-state index in [4.69, 9.17) is 0 Å². The average molecular weight is 236 g/mol.